The molecule has 0 spiro atoms. The molecule has 2 heterocycles. The number of carbonyl (C=O) groups excluding carboxylic acids is 1. The zero-order valence-corrected chi connectivity index (χ0v) is 17.0. The molecule has 0 N–H and O–H groups in total. The molecule has 4 heteroatoms. The molecular formula is C25H30N2O2. The number of amides is 1. The Bertz CT molecular complexity index is 826. The van der Waals surface area contributed by atoms with E-state index < -0.39 is 0 Å². The lowest BCUT2D eigenvalue weighted by atomic mass is 10.0. The standard InChI is InChI=1S/C25H30N2O2/c28-25(21-11-13-22(14-12-21)26-15-5-2-6-16-26)27-17-23(19-7-3-1-4-8-19)29-24(18-27)20-9-10-20/h1,3-4,7-8,11-14,20,23-24H,2,5-6,9-10,15-18H2/t23-,24+/m0/s1. The highest BCUT2D eigenvalue weighted by Gasteiger charge is 2.40. The molecule has 2 saturated heterocycles. The normalized spacial score (nSPS) is 25.1. The van der Waals surface area contributed by atoms with Gasteiger partial charge in [-0.15, -0.1) is 0 Å². The monoisotopic (exact) mass is 390 g/mol. The van der Waals surface area contributed by atoms with Gasteiger partial charge < -0.3 is 14.5 Å². The van der Waals surface area contributed by atoms with E-state index in [4.69, 9.17) is 4.74 Å². The highest BCUT2D eigenvalue weighted by atomic mass is 16.5. The van der Waals surface area contributed by atoms with E-state index in [9.17, 15) is 4.79 Å². The van der Waals surface area contributed by atoms with Gasteiger partial charge in [0, 0.05) is 30.9 Å². The number of nitrogens with zero attached hydrogens (tertiary/aromatic N) is 2. The minimum Gasteiger partial charge on any atom is -0.372 e. The molecule has 3 fully saturated rings. The first-order chi connectivity index (χ1) is 14.3. The van der Waals surface area contributed by atoms with Crippen molar-refractivity contribution < 1.29 is 9.53 Å². The topological polar surface area (TPSA) is 32.8 Å². The first-order valence-corrected chi connectivity index (χ1v) is 11.1. The summed E-state index contributed by atoms with van der Waals surface area (Å²) in [5, 5.41) is 0. The lowest BCUT2D eigenvalue weighted by molar-refractivity contribution is -0.0864. The molecule has 152 valence electrons. The zero-order chi connectivity index (χ0) is 19.6. The van der Waals surface area contributed by atoms with Gasteiger partial charge in [0.05, 0.1) is 12.6 Å². The average molecular weight is 391 g/mol. The predicted octanol–water partition coefficient (Wildman–Crippen LogP) is 4.67. The van der Waals surface area contributed by atoms with Gasteiger partial charge >= 0.3 is 0 Å². The fourth-order valence-corrected chi connectivity index (χ4v) is 4.68. The maximum absolute atomic E-state index is 13.3. The van der Waals surface area contributed by atoms with Crippen LogP contribution in [0.2, 0.25) is 0 Å². The SMILES string of the molecule is O=C(c1ccc(N2CCCCC2)cc1)N1C[C@@H](c2ccccc2)O[C@@H](C2CC2)C1. The molecule has 1 saturated carbocycles. The van der Waals surface area contributed by atoms with Gasteiger partial charge in [-0.25, -0.2) is 0 Å². The first kappa shape index (κ1) is 18.7. The summed E-state index contributed by atoms with van der Waals surface area (Å²) in [5.41, 5.74) is 3.19. The summed E-state index contributed by atoms with van der Waals surface area (Å²) in [4.78, 5) is 17.8. The van der Waals surface area contributed by atoms with Crippen molar-refractivity contribution in [1.82, 2.24) is 4.90 Å². The molecule has 2 aromatic carbocycles. The Hall–Kier alpha value is -2.33. The molecule has 4 nitrogen and oxygen atoms in total. The zero-order valence-electron chi connectivity index (χ0n) is 17.0. The van der Waals surface area contributed by atoms with Crippen molar-refractivity contribution in [3.63, 3.8) is 0 Å². The van der Waals surface area contributed by atoms with Crippen LogP contribution >= 0.6 is 0 Å². The number of hydrogen-bond acceptors (Lipinski definition) is 3. The number of ether oxygens (including phenoxy) is 1. The van der Waals surface area contributed by atoms with Crippen LogP contribution in [0.4, 0.5) is 5.69 Å². The molecule has 2 aromatic rings. The molecule has 2 aliphatic heterocycles. The summed E-state index contributed by atoms with van der Waals surface area (Å²) in [6.07, 6.45) is 6.42. The van der Waals surface area contributed by atoms with Gasteiger partial charge in [-0.05, 0) is 67.9 Å². The molecular weight excluding hydrogens is 360 g/mol. The van der Waals surface area contributed by atoms with Gasteiger partial charge in [-0.1, -0.05) is 30.3 Å². The van der Waals surface area contributed by atoms with Crippen LogP contribution < -0.4 is 4.90 Å². The van der Waals surface area contributed by atoms with Gasteiger partial charge in [0.25, 0.3) is 5.91 Å². The lowest BCUT2D eigenvalue weighted by Gasteiger charge is -2.38. The number of benzene rings is 2. The van der Waals surface area contributed by atoms with Crippen molar-refractivity contribution in [1.29, 1.82) is 0 Å². The number of anilines is 1. The van der Waals surface area contributed by atoms with E-state index in [1.807, 2.05) is 35.2 Å². The summed E-state index contributed by atoms with van der Waals surface area (Å²) < 4.78 is 6.41. The minimum absolute atomic E-state index is 0.0351. The molecule has 0 bridgehead atoms. The molecule has 3 aliphatic rings. The number of morpholine rings is 1. The van der Waals surface area contributed by atoms with E-state index in [1.165, 1.54) is 37.8 Å². The summed E-state index contributed by atoms with van der Waals surface area (Å²) in [5.74, 6) is 0.739. The van der Waals surface area contributed by atoms with Crippen LogP contribution in [0.3, 0.4) is 0 Å². The maximum Gasteiger partial charge on any atom is 0.254 e. The molecule has 1 amide bonds. The van der Waals surface area contributed by atoms with Crippen molar-refractivity contribution in [2.75, 3.05) is 31.1 Å². The highest BCUT2D eigenvalue weighted by molar-refractivity contribution is 5.94. The molecule has 2 atom stereocenters. The minimum atomic E-state index is -0.0351. The van der Waals surface area contributed by atoms with Crippen molar-refractivity contribution in [2.45, 2.75) is 44.3 Å². The van der Waals surface area contributed by atoms with Crippen molar-refractivity contribution >= 4 is 11.6 Å². The maximum atomic E-state index is 13.3. The van der Waals surface area contributed by atoms with Crippen LogP contribution in [0.1, 0.15) is 54.1 Å². The smallest absolute Gasteiger partial charge is 0.254 e. The molecule has 29 heavy (non-hydrogen) atoms. The van der Waals surface area contributed by atoms with E-state index in [0.717, 1.165) is 24.2 Å². The number of carbonyl (C=O) groups is 1. The molecule has 1 aliphatic carbocycles. The van der Waals surface area contributed by atoms with Crippen LogP contribution in [0.25, 0.3) is 0 Å². The van der Waals surface area contributed by atoms with Gasteiger partial charge in [0.15, 0.2) is 0 Å². The molecule has 0 radical (unpaired) electrons. The number of rotatable bonds is 4. The Morgan fingerprint density at radius 1 is 0.862 bits per heavy atom. The second-order valence-corrected chi connectivity index (χ2v) is 8.72. The van der Waals surface area contributed by atoms with E-state index in [1.54, 1.807) is 0 Å². The van der Waals surface area contributed by atoms with Crippen LogP contribution in [0, 0.1) is 5.92 Å². The summed E-state index contributed by atoms with van der Waals surface area (Å²) in [6.45, 7) is 3.58. The van der Waals surface area contributed by atoms with Crippen LogP contribution in [0.15, 0.2) is 54.6 Å². The molecule has 0 unspecified atom stereocenters. The fraction of sp³-hybridized carbons (Fsp3) is 0.480. The average Bonchev–Trinajstić information content (AvgIpc) is 3.65. The summed E-state index contributed by atoms with van der Waals surface area (Å²) in [7, 11) is 0. The largest absolute Gasteiger partial charge is 0.372 e. The van der Waals surface area contributed by atoms with Gasteiger partial charge in [-0.2, -0.15) is 0 Å². The number of piperidine rings is 1. The third-order valence-corrected chi connectivity index (χ3v) is 6.57. The van der Waals surface area contributed by atoms with Gasteiger partial charge in [-0.3, -0.25) is 4.79 Å². The Balaban J connectivity index is 1.32. The van der Waals surface area contributed by atoms with Crippen LogP contribution in [-0.4, -0.2) is 43.1 Å². The number of hydrogen-bond donors (Lipinski definition) is 0. The second kappa shape index (κ2) is 8.19. The Morgan fingerprint density at radius 2 is 1.59 bits per heavy atom. The van der Waals surface area contributed by atoms with Crippen molar-refractivity contribution in [2.24, 2.45) is 5.92 Å². The third-order valence-electron chi connectivity index (χ3n) is 6.57. The lowest BCUT2D eigenvalue weighted by Crippen LogP contribution is -2.47. The van der Waals surface area contributed by atoms with Crippen molar-refractivity contribution in [3.05, 3.63) is 65.7 Å². The third kappa shape index (κ3) is 4.18. The van der Waals surface area contributed by atoms with E-state index in [0.29, 0.717) is 19.0 Å². The Kier molecular flexibility index (Phi) is 5.28. The van der Waals surface area contributed by atoms with E-state index in [-0.39, 0.29) is 18.1 Å². The second-order valence-electron chi connectivity index (χ2n) is 8.72. The summed E-state index contributed by atoms with van der Waals surface area (Å²) in [6, 6.07) is 18.6. The molecule has 0 aromatic heterocycles. The Morgan fingerprint density at radius 3 is 2.28 bits per heavy atom. The first-order valence-electron chi connectivity index (χ1n) is 11.1. The van der Waals surface area contributed by atoms with Gasteiger partial charge in [0.1, 0.15) is 6.10 Å². The van der Waals surface area contributed by atoms with Crippen molar-refractivity contribution in [3.8, 4) is 0 Å². The fourth-order valence-electron chi connectivity index (χ4n) is 4.68. The quantitative estimate of drug-likeness (QED) is 0.761. The van der Waals surface area contributed by atoms with Crippen LogP contribution in [0.5, 0.6) is 0 Å². The Labute approximate surface area is 173 Å². The van der Waals surface area contributed by atoms with E-state index in [2.05, 4.69) is 29.2 Å². The van der Waals surface area contributed by atoms with E-state index >= 15 is 0 Å². The highest BCUT2D eigenvalue weighted by Crippen LogP contribution is 2.39. The van der Waals surface area contributed by atoms with Crippen LogP contribution in [-0.2, 0) is 4.74 Å². The van der Waals surface area contributed by atoms with Gasteiger partial charge in [0.2, 0.25) is 0 Å². The summed E-state index contributed by atoms with van der Waals surface area (Å²) >= 11 is 0. The molecule has 5 rings (SSSR count). The predicted molar refractivity (Wildman–Crippen MR) is 115 cm³/mol.